The highest BCUT2D eigenvalue weighted by Gasteiger charge is 2.35. The average molecular weight is 342 g/mol. The SMILES string of the molecule is Cc1ccc2c(oc3ccc4ccccc4c32)c1N1C=CN(C)C1(C)C. The Labute approximate surface area is 153 Å². The number of nitrogens with zero attached hydrogens (tertiary/aromatic N) is 2. The molecule has 0 unspecified atom stereocenters. The van der Waals surface area contributed by atoms with Crippen LogP contribution in [0.15, 0.2) is 65.3 Å². The van der Waals surface area contributed by atoms with E-state index in [0.29, 0.717) is 0 Å². The lowest BCUT2D eigenvalue weighted by atomic mass is 10.0. The van der Waals surface area contributed by atoms with Crippen LogP contribution in [0, 0.1) is 6.92 Å². The number of hydrogen-bond acceptors (Lipinski definition) is 3. The van der Waals surface area contributed by atoms with Crippen molar-refractivity contribution in [1.82, 2.24) is 4.90 Å². The van der Waals surface area contributed by atoms with Gasteiger partial charge in [0.05, 0.1) is 5.69 Å². The maximum absolute atomic E-state index is 6.42. The summed E-state index contributed by atoms with van der Waals surface area (Å²) in [6.07, 6.45) is 4.27. The second-order valence-electron chi connectivity index (χ2n) is 7.64. The van der Waals surface area contributed by atoms with Gasteiger partial charge in [-0.1, -0.05) is 42.5 Å². The van der Waals surface area contributed by atoms with Crippen molar-refractivity contribution in [3.8, 4) is 0 Å². The second kappa shape index (κ2) is 5.04. The van der Waals surface area contributed by atoms with Crippen molar-refractivity contribution >= 4 is 38.4 Å². The molecule has 3 nitrogen and oxygen atoms in total. The minimum absolute atomic E-state index is 0.139. The van der Waals surface area contributed by atoms with Crippen LogP contribution in [0.3, 0.4) is 0 Å². The van der Waals surface area contributed by atoms with E-state index in [2.05, 4.69) is 98.5 Å². The van der Waals surface area contributed by atoms with E-state index in [-0.39, 0.29) is 5.66 Å². The zero-order valence-corrected chi connectivity index (χ0v) is 15.6. The van der Waals surface area contributed by atoms with Crippen LogP contribution in [0.5, 0.6) is 0 Å². The molecule has 3 aromatic carbocycles. The van der Waals surface area contributed by atoms with E-state index in [0.717, 1.165) is 16.9 Å². The van der Waals surface area contributed by atoms with Gasteiger partial charge in [-0.05, 0) is 43.2 Å². The molecule has 0 saturated heterocycles. The van der Waals surface area contributed by atoms with Gasteiger partial charge in [-0.2, -0.15) is 0 Å². The molecule has 2 heterocycles. The first-order valence-corrected chi connectivity index (χ1v) is 9.02. The fourth-order valence-electron chi connectivity index (χ4n) is 4.04. The summed E-state index contributed by atoms with van der Waals surface area (Å²) < 4.78 is 6.42. The predicted molar refractivity (Wildman–Crippen MR) is 109 cm³/mol. The Morgan fingerprint density at radius 3 is 2.46 bits per heavy atom. The molecule has 0 fully saturated rings. The maximum atomic E-state index is 6.42. The van der Waals surface area contributed by atoms with Gasteiger partial charge in [0.1, 0.15) is 11.2 Å². The van der Waals surface area contributed by atoms with E-state index in [1.165, 1.54) is 27.1 Å². The van der Waals surface area contributed by atoms with E-state index >= 15 is 0 Å². The third-order valence-corrected chi connectivity index (χ3v) is 5.84. The molecule has 0 N–H and O–H groups in total. The van der Waals surface area contributed by atoms with Crippen molar-refractivity contribution in [2.45, 2.75) is 26.4 Å². The number of anilines is 1. The van der Waals surface area contributed by atoms with Gasteiger partial charge >= 0.3 is 0 Å². The fourth-order valence-corrected chi connectivity index (χ4v) is 4.04. The molecule has 1 aromatic heterocycles. The molecular formula is C23H22N2O. The Morgan fingerprint density at radius 1 is 0.885 bits per heavy atom. The van der Waals surface area contributed by atoms with Crippen LogP contribution >= 0.6 is 0 Å². The highest BCUT2D eigenvalue weighted by atomic mass is 16.3. The summed E-state index contributed by atoms with van der Waals surface area (Å²) in [6, 6.07) is 17.1. The van der Waals surface area contributed by atoms with Crippen LogP contribution in [-0.4, -0.2) is 17.6 Å². The Hall–Kier alpha value is -2.94. The third kappa shape index (κ3) is 1.88. The zero-order chi connectivity index (χ0) is 18.1. The van der Waals surface area contributed by atoms with Gasteiger partial charge in [0.25, 0.3) is 0 Å². The van der Waals surface area contributed by atoms with Gasteiger partial charge in [-0.25, -0.2) is 0 Å². The molecule has 0 radical (unpaired) electrons. The normalized spacial score (nSPS) is 16.5. The minimum Gasteiger partial charge on any atom is -0.454 e. The number of hydrogen-bond donors (Lipinski definition) is 0. The van der Waals surface area contributed by atoms with Gasteiger partial charge in [0.15, 0.2) is 5.58 Å². The number of fused-ring (bicyclic) bond motifs is 5. The van der Waals surface area contributed by atoms with E-state index < -0.39 is 0 Å². The van der Waals surface area contributed by atoms with Gasteiger partial charge in [-0.15, -0.1) is 0 Å². The summed E-state index contributed by atoms with van der Waals surface area (Å²) in [6.45, 7) is 6.61. The topological polar surface area (TPSA) is 19.6 Å². The first kappa shape index (κ1) is 15.3. The largest absolute Gasteiger partial charge is 0.454 e. The van der Waals surface area contributed by atoms with Crippen molar-refractivity contribution in [3.05, 3.63) is 66.5 Å². The van der Waals surface area contributed by atoms with E-state index in [1.54, 1.807) is 0 Å². The highest BCUT2D eigenvalue weighted by Crippen LogP contribution is 2.43. The lowest BCUT2D eigenvalue weighted by Gasteiger charge is -2.38. The maximum Gasteiger partial charge on any atom is 0.159 e. The smallest absolute Gasteiger partial charge is 0.159 e. The molecule has 1 aliphatic rings. The van der Waals surface area contributed by atoms with Crippen LogP contribution in [-0.2, 0) is 0 Å². The van der Waals surface area contributed by atoms with Crippen molar-refractivity contribution in [2.24, 2.45) is 0 Å². The van der Waals surface area contributed by atoms with Crippen LogP contribution in [0.25, 0.3) is 32.7 Å². The Bertz CT molecular complexity index is 1200. The van der Waals surface area contributed by atoms with Gasteiger partial charge in [0, 0.05) is 30.2 Å². The summed E-state index contributed by atoms with van der Waals surface area (Å²) in [4.78, 5) is 4.54. The highest BCUT2D eigenvalue weighted by molar-refractivity contribution is 6.20. The molecule has 1 aliphatic heterocycles. The number of furan rings is 1. The molecule has 26 heavy (non-hydrogen) atoms. The van der Waals surface area contributed by atoms with Crippen LogP contribution in [0.2, 0.25) is 0 Å². The molecule has 0 aliphatic carbocycles. The summed E-state index contributed by atoms with van der Waals surface area (Å²) >= 11 is 0. The molecule has 0 spiro atoms. The first-order valence-electron chi connectivity index (χ1n) is 9.02. The Kier molecular flexibility index (Phi) is 2.97. The van der Waals surface area contributed by atoms with Crippen molar-refractivity contribution in [2.75, 3.05) is 11.9 Å². The van der Waals surface area contributed by atoms with Crippen molar-refractivity contribution in [1.29, 1.82) is 0 Å². The molecule has 0 amide bonds. The summed E-state index contributed by atoms with van der Waals surface area (Å²) in [5.41, 5.74) is 4.13. The molecular weight excluding hydrogens is 320 g/mol. The van der Waals surface area contributed by atoms with Crippen molar-refractivity contribution in [3.63, 3.8) is 0 Å². The van der Waals surface area contributed by atoms with Gasteiger partial charge < -0.3 is 14.2 Å². The third-order valence-electron chi connectivity index (χ3n) is 5.84. The zero-order valence-electron chi connectivity index (χ0n) is 15.6. The van der Waals surface area contributed by atoms with Gasteiger partial charge in [0.2, 0.25) is 0 Å². The minimum atomic E-state index is -0.139. The van der Waals surface area contributed by atoms with E-state index in [1.807, 2.05) is 0 Å². The lowest BCUT2D eigenvalue weighted by molar-refractivity contribution is 0.253. The van der Waals surface area contributed by atoms with Crippen LogP contribution < -0.4 is 4.90 Å². The molecule has 3 heteroatoms. The van der Waals surface area contributed by atoms with Crippen molar-refractivity contribution < 1.29 is 4.42 Å². The molecule has 0 saturated carbocycles. The predicted octanol–water partition coefficient (Wildman–Crippen LogP) is 6.01. The summed E-state index contributed by atoms with van der Waals surface area (Å²) in [7, 11) is 2.11. The monoisotopic (exact) mass is 342 g/mol. The Morgan fingerprint density at radius 2 is 1.69 bits per heavy atom. The molecule has 0 bridgehead atoms. The van der Waals surface area contributed by atoms with E-state index in [4.69, 9.17) is 4.42 Å². The summed E-state index contributed by atoms with van der Waals surface area (Å²) in [5.74, 6) is 0. The van der Waals surface area contributed by atoms with Gasteiger partial charge in [-0.3, -0.25) is 0 Å². The number of benzene rings is 3. The Balaban J connectivity index is 1.90. The molecule has 5 rings (SSSR count). The average Bonchev–Trinajstić information content (AvgIpc) is 3.13. The van der Waals surface area contributed by atoms with Crippen LogP contribution in [0.1, 0.15) is 19.4 Å². The lowest BCUT2D eigenvalue weighted by Crippen LogP contribution is -2.46. The number of rotatable bonds is 1. The summed E-state index contributed by atoms with van der Waals surface area (Å²) in [5, 5.41) is 4.86. The van der Waals surface area contributed by atoms with E-state index in [9.17, 15) is 0 Å². The first-order chi connectivity index (χ1) is 12.5. The fraction of sp³-hybridized carbons (Fsp3) is 0.217. The quantitative estimate of drug-likeness (QED) is 0.422. The second-order valence-corrected chi connectivity index (χ2v) is 7.64. The van der Waals surface area contributed by atoms with Crippen LogP contribution in [0.4, 0.5) is 5.69 Å². The molecule has 0 atom stereocenters. The standard InChI is InChI=1S/C23H22N2O/c1-15-9-11-18-20-17-8-6-5-7-16(17)10-12-19(20)26-22(18)21(15)25-14-13-24(4)23(25,2)3/h5-14H,1-4H3. The molecule has 4 aromatic rings. The molecule has 130 valence electrons. The number of aryl methyl sites for hydroxylation is 1.